The summed E-state index contributed by atoms with van der Waals surface area (Å²) in [7, 11) is -2.05. The molecule has 1 N–H and O–H groups in total. The highest BCUT2D eigenvalue weighted by Gasteiger charge is 2.19. The molecule has 0 spiro atoms. The molecule has 0 atom stereocenters. The van der Waals surface area contributed by atoms with Crippen molar-refractivity contribution in [3.63, 3.8) is 0 Å². The van der Waals surface area contributed by atoms with Gasteiger partial charge in [0.25, 0.3) is 10.0 Å². The molecule has 1 aromatic rings. The van der Waals surface area contributed by atoms with Crippen molar-refractivity contribution < 1.29 is 8.42 Å². The first-order valence-corrected chi connectivity index (χ1v) is 5.86. The third-order valence-corrected chi connectivity index (χ3v) is 3.33. The fourth-order valence-electron chi connectivity index (χ4n) is 1.16. The molecule has 0 aliphatic rings. The van der Waals surface area contributed by atoms with Gasteiger partial charge in [0.1, 0.15) is 0 Å². The fourth-order valence-corrected chi connectivity index (χ4v) is 2.17. The third-order valence-electron chi connectivity index (χ3n) is 1.95. The standard InChI is InChI=1S/C9H14N2O2S/c1-7(2)8-5-4-6-11-9(8)14(12,13)10-3/h4-7,10H,1-3H3. The van der Waals surface area contributed by atoms with Crippen molar-refractivity contribution in [1.29, 1.82) is 0 Å². The van der Waals surface area contributed by atoms with E-state index in [1.165, 1.54) is 13.2 Å². The molecule has 0 amide bonds. The molecule has 1 rings (SSSR count). The molecule has 0 saturated carbocycles. The molecule has 78 valence electrons. The van der Waals surface area contributed by atoms with E-state index in [4.69, 9.17) is 0 Å². The van der Waals surface area contributed by atoms with E-state index in [9.17, 15) is 8.42 Å². The number of nitrogens with one attached hydrogen (secondary N) is 1. The highest BCUT2D eigenvalue weighted by molar-refractivity contribution is 7.89. The summed E-state index contributed by atoms with van der Waals surface area (Å²) in [6.07, 6.45) is 1.48. The minimum absolute atomic E-state index is 0.123. The van der Waals surface area contributed by atoms with Crippen molar-refractivity contribution in [3.8, 4) is 0 Å². The van der Waals surface area contributed by atoms with Crippen LogP contribution in [0.4, 0.5) is 0 Å². The van der Waals surface area contributed by atoms with Gasteiger partial charge in [0.2, 0.25) is 0 Å². The lowest BCUT2D eigenvalue weighted by Gasteiger charge is -2.10. The van der Waals surface area contributed by atoms with E-state index in [1.54, 1.807) is 12.1 Å². The van der Waals surface area contributed by atoms with Crippen LogP contribution in [0, 0.1) is 0 Å². The number of hydrogen-bond acceptors (Lipinski definition) is 3. The summed E-state index contributed by atoms with van der Waals surface area (Å²) in [4.78, 5) is 3.89. The van der Waals surface area contributed by atoms with E-state index < -0.39 is 10.0 Å². The second-order valence-electron chi connectivity index (χ2n) is 3.26. The van der Waals surface area contributed by atoms with Gasteiger partial charge in [-0.1, -0.05) is 19.9 Å². The number of aromatic nitrogens is 1. The van der Waals surface area contributed by atoms with E-state index in [2.05, 4.69) is 9.71 Å². The molecule has 0 aromatic carbocycles. The van der Waals surface area contributed by atoms with Crippen molar-refractivity contribution in [2.24, 2.45) is 0 Å². The first-order valence-electron chi connectivity index (χ1n) is 4.37. The van der Waals surface area contributed by atoms with Gasteiger partial charge < -0.3 is 0 Å². The second-order valence-corrected chi connectivity index (χ2v) is 5.06. The Hall–Kier alpha value is -0.940. The summed E-state index contributed by atoms with van der Waals surface area (Å²) in [6.45, 7) is 3.87. The van der Waals surface area contributed by atoms with E-state index in [1.807, 2.05) is 13.8 Å². The second kappa shape index (κ2) is 4.06. The van der Waals surface area contributed by atoms with Crippen LogP contribution < -0.4 is 4.72 Å². The third kappa shape index (κ3) is 2.10. The Morgan fingerprint density at radius 1 is 1.43 bits per heavy atom. The Labute approximate surface area is 84.4 Å². The van der Waals surface area contributed by atoms with Gasteiger partial charge >= 0.3 is 0 Å². The first kappa shape index (κ1) is 11.1. The SMILES string of the molecule is CNS(=O)(=O)c1ncccc1C(C)C. The Morgan fingerprint density at radius 3 is 2.57 bits per heavy atom. The van der Waals surface area contributed by atoms with E-state index in [0.29, 0.717) is 0 Å². The number of pyridine rings is 1. The van der Waals surface area contributed by atoms with Crippen molar-refractivity contribution >= 4 is 10.0 Å². The molecule has 0 aliphatic heterocycles. The summed E-state index contributed by atoms with van der Waals surface area (Å²) >= 11 is 0. The summed E-state index contributed by atoms with van der Waals surface area (Å²) in [5.41, 5.74) is 0.738. The van der Waals surface area contributed by atoms with Crippen molar-refractivity contribution in [3.05, 3.63) is 23.9 Å². The normalized spacial score (nSPS) is 12.0. The van der Waals surface area contributed by atoms with Gasteiger partial charge in [-0.25, -0.2) is 18.1 Å². The zero-order valence-electron chi connectivity index (χ0n) is 8.48. The molecule has 0 unspecified atom stereocenters. The van der Waals surface area contributed by atoms with E-state index in [-0.39, 0.29) is 10.9 Å². The van der Waals surface area contributed by atoms with Crippen LogP contribution in [0.15, 0.2) is 23.4 Å². The monoisotopic (exact) mass is 214 g/mol. The van der Waals surface area contributed by atoms with Gasteiger partial charge in [0, 0.05) is 6.20 Å². The molecule has 4 nitrogen and oxygen atoms in total. The molecule has 5 heteroatoms. The van der Waals surface area contributed by atoms with Crippen molar-refractivity contribution in [1.82, 2.24) is 9.71 Å². The quantitative estimate of drug-likeness (QED) is 0.820. The Morgan fingerprint density at radius 2 is 2.07 bits per heavy atom. The van der Waals surface area contributed by atoms with Gasteiger partial charge in [-0.15, -0.1) is 0 Å². The molecule has 0 aliphatic carbocycles. The molecule has 1 aromatic heterocycles. The van der Waals surface area contributed by atoms with Gasteiger partial charge in [0.05, 0.1) is 0 Å². The van der Waals surface area contributed by atoms with Crippen LogP contribution in [0.2, 0.25) is 0 Å². The fraction of sp³-hybridized carbons (Fsp3) is 0.444. The van der Waals surface area contributed by atoms with E-state index in [0.717, 1.165) is 5.56 Å². The van der Waals surface area contributed by atoms with Crippen LogP contribution in [-0.2, 0) is 10.0 Å². The maximum absolute atomic E-state index is 11.6. The highest BCUT2D eigenvalue weighted by Crippen LogP contribution is 2.20. The minimum Gasteiger partial charge on any atom is -0.243 e. The Bertz CT molecular complexity index is 413. The molecule has 14 heavy (non-hydrogen) atoms. The lowest BCUT2D eigenvalue weighted by molar-refractivity contribution is 0.581. The number of rotatable bonds is 3. The summed E-state index contributed by atoms with van der Waals surface area (Å²) in [6, 6.07) is 3.52. The number of sulfonamides is 1. The topological polar surface area (TPSA) is 59.1 Å². The summed E-state index contributed by atoms with van der Waals surface area (Å²) < 4.78 is 25.4. The molecule has 0 saturated heterocycles. The van der Waals surface area contributed by atoms with Gasteiger partial charge in [-0.3, -0.25) is 0 Å². The van der Waals surface area contributed by atoms with Crippen LogP contribution in [0.5, 0.6) is 0 Å². The predicted molar refractivity (Wildman–Crippen MR) is 54.6 cm³/mol. The number of nitrogens with zero attached hydrogens (tertiary/aromatic N) is 1. The lowest BCUT2D eigenvalue weighted by atomic mass is 10.1. The molecule has 0 fully saturated rings. The Kier molecular flexibility index (Phi) is 3.23. The molecular weight excluding hydrogens is 200 g/mol. The maximum atomic E-state index is 11.6. The molecule has 0 bridgehead atoms. The van der Waals surface area contributed by atoms with Crippen molar-refractivity contribution in [2.75, 3.05) is 7.05 Å². The van der Waals surface area contributed by atoms with Crippen LogP contribution in [0.3, 0.4) is 0 Å². The van der Waals surface area contributed by atoms with Gasteiger partial charge in [-0.05, 0) is 24.6 Å². The van der Waals surface area contributed by atoms with Crippen LogP contribution in [0.1, 0.15) is 25.3 Å². The van der Waals surface area contributed by atoms with Crippen molar-refractivity contribution in [2.45, 2.75) is 24.8 Å². The highest BCUT2D eigenvalue weighted by atomic mass is 32.2. The van der Waals surface area contributed by atoms with Gasteiger partial charge in [-0.2, -0.15) is 0 Å². The zero-order chi connectivity index (χ0) is 10.8. The first-order chi connectivity index (χ1) is 6.49. The van der Waals surface area contributed by atoms with E-state index >= 15 is 0 Å². The summed E-state index contributed by atoms with van der Waals surface area (Å²) in [5, 5.41) is 0.123. The average molecular weight is 214 g/mol. The number of hydrogen-bond donors (Lipinski definition) is 1. The molecule has 0 radical (unpaired) electrons. The molecule has 1 heterocycles. The zero-order valence-corrected chi connectivity index (χ0v) is 9.30. The molecular formula is C9H14N2O2S. The minimum atomic E-state index is -3.43. The lowest BCUT2D eigenvalue weighted by Crippen LogP contribution is -2.21. The maximum Gasteiger partial charge on any atom is 0.258 e. The smallest absolute Gasteiger partial charge is 0.243 e. The van der Waals surface area contributed by atoms with Gasteiger partial charge in [0.15, 0.2) is 5.03 Å². The van der Waals surface area contributed by atoms with Crippen LogP contribution in [0.25, 0.3) is 0 Å². The van der Waals surface area contributed by atoms with Crippen LogP contribution >= 0.6 is 0 Å². The predicted octanol–water partition coefficient (Wildman–Crippen LogP) is 1.11. The van der Waals surface area contributed by atoms with Crippen LogP contribution in [-0.4, -0.2) is 20.4 Å². The Balaban J connectivity index is 3.35. The largest absolute Gasteiger partial charge is 0.258 e. The summed E-state index contributed by atoms with van der Waals surface area (Å²) in [5.74, 6) is 0.141. The average Bonchev–Trinajstić information content (AvgIpc) is 2.18.